The highest BCUT2D eigenvalue weighted by molar-refractivity contribution is 6.37. The lowest BCUT2D eigenvalue weighted by molar-refractivity contribution is -0.146. The van der Waals surface area contributed by atoms with Crippen LogP contribution in [0.15, 0.2) is 29.4 Å². The number of carbonyl (C=O) groups excluding carboxylic acids is 3. The van der Waals surface area contributed by atoms with Gasteiger partial charge in [-0.1, -0.05) is 6.07 Å². The van der Waals surface area contributed by atoms with Crippen molar-refractivity contribution in [2.75, 3.05) is 12.4 Å². The number of benzene rings is 1. The van der Waals surface area contributed by atoms with Gasteiger partial charge in [-0.3, -0.25) is 9.59 Å². The first-order chi connectivity index (χ1) is 10.9. The van der Waals surface area contributed by atoms with E-state index in [4.69, 9.17) is 4.74 Å². The standard InChI is InChI=1S/C15H16FN3O4/c1-9(14(21)17-11-5-3-4-10(16)8-11)23-15(22)12-6-7-13(20)19(2)18-12/h3-5,8-9H,6-7H2,1-2H3,(H,17,21)/t9-/m0/s1. The molecular weight excluding hydrogens is 305 g/mol. The van der Waals surface area contributed by atoms with Gasteiger partial charge in [-0.25, -0.2) is 14.2 Å². The van der Waals surface area contributed by atoms with Crippen LogP contribution in [-0.4, -0.2) is 41.7 Å². The van der Waals surface area contributed by atoms with Crippen molar-refractivity contribution in [2.24, 2.45) is 5.10 Å². The summed E-state index contributed by atoms with van der Waals surface area (Å²) in [6.07, 6.45) is -0.759. The van der Waals surface area contributed by atoms with Gasteiger partial charge in [-0.15, -0.1) is 0 Å². The van der Waals surface area contributed by atoms with Crippen LogP contribution in [0.2, 0.25) is 0 Å². The molecule has 1 N–H and O–H groups in total. The third kappa shape index (κ3) is 4.35. The van der Waals surface area contributed by atoms with E-state index in [0.29, 0.717) is 0 Å². The molecule has 0 saturated carbocycles. The molecule has 1 atom stereocenters. The number of esters is 1. The van der Waals surface area contributed by atoms with Crippen LogP contribution in [0.3, 0.4) is 0 Å². The van der Waals surface area contributed by atoms with Crippen molar-refractivity contribution in [3.8, 4) is 0 Å². The normalized spacial score (nSPS) is 15.7. The number of halogens is 1. The Hall–Kier alpha value is -2.77. The molecule has 1 aromatic rings. The molecule has 0 aliphatic carbocycles. The smallest absolute Gasteiger partial charge is 0.355 e. The Bertz CT molecular complexity index is 674. The van der Waals surface area contributed by atoms with Gasteiger partial charge in [0.05, 0.1) is 0 Å². The summed E-state index contributed by atoms with van der Waals surface area (Å²) in [6.45, 7) is 1.39. The maximum absolute atomic E-state index is 13.1. The number of carbonyl (C=O) groups is 3. The van der Waals surface area contributed by atoms with Crippen molar-refractivity contribution in [1.29, 1.82) is 0 Å². The largest absolute Gasteiger partial charge is 0.448 e. The van der Waals surface area contributed by atoms with Gasteiger partial charge in [0, 0.05) is 25.6 Å². The molecule has 2 rings (SSSR count). The summed E-state index contributed by atoms with van der Waals surface area (Å²) < 4.78 is 18.1. The zero-order valence-corrected chi connectivity index (χ0v) is 12.7. The summed E-state index contributed by atoms with van der Waals surface area (Å²) in [4.78, 5) is 35.2. The summed E-state index contributed by atoms with van der Waals surface area (Å²) >= 11 is 0. The maximum Gasteiger partial charge on any atom is 0.355 e. The molecule has 8 heteroatoms. The third-order valence-corrected chi connectivity index (χ3v) is 3.19. The summed E-state index contributed by atoms with van der Waals surface area (Å²) in [5.74, 6) is -2.04. The molecule has 1 aliphatic heterocycles. The monoisotopic (exact) mass is 321 g/mol. The quantitative estimate of drug-likeness (QED) is 0.847. The maximum atomic E-state index is 13.1. The average Bonchev–Trinajstić information content (AvgIpc) is 2.49. The van der Waals surface area contributed by atoms with Gasteiger partial charge in [-0.2, -0.15) is 5.10 Å². The number of hydrogen-bond donors (Lipinski definition) is 1. The topological polar surface area (TPSA) is 88.1 Å². The number of anilines is 1. The van der Waals surface area contributed by atoms with Crippen LogP contribution >= 0.6 is 0 Å². The van der Waals surface area contributed by atoms with Crippen LogP contribution < -0.4 is 5.32 Å². The van der Waals surface area contributed by atoms with Crippen molar-refractivity contribution in [3.05, 3.63) is 30.1 Å². The van der Waals surface area contributed by atoms with E-state index in [9.17, 15) is 18.8 Å². The number of amides is 2. The molecule has 1 aliphatic rings. The first-order valence-electron chi connectivity index (χ1n) is 6.98. The fraction of sp³-hybridized carbons (Fsp3) is 0.333. The Morgan fingerprint density at radius 3 is 2.78 bits per heavy atom. The molecule has 0 fully saturated rings. The Morgan fingerprint density at radius 1 is 1.39 bits per heavy atom. The molecule has 122 valence electrons. The van der Waals surface area contributed by atoms with E-state index >= 15 is 0 Å². The summed E-state index contributed by atoms with van der Waals surface area (Å²) in [6, 6.07) is 5.36. The zero-order valence-electron chi connectivity index (χ0n) is 12.7. The molecule has 0 bridgehead atoms. The lowest BCUT2D eigenvalue weighted by Gasteiger charge is -2.20. The van der Waals surface area contributed by atoms with Crippen molar-refractivity contribution in [3.63, 3.8) is 0 Å². The second kappa shape index (κ2) is 6.99. The van der Waals surface area contributed by atoms with Crippen LogP contribution in [0.5, 0.6) is 0 Å². The number of hydrogen-bond acceptors (Lipinski definition) is 5. The van der Waals surface area contributed by atoms with Gasteiger partial charge >= 0.3 is 5.97 Å². The fourth-order valence-corrected chi connectivity index (χ4v) is 1.91. The van der Waals surface area contributed by atoms with Crippen molar-refractivity contribution >= 4 is 29.2 Å². The van der Waals surface area contributed by atoms with Crippen LogP contribution in [0.1, 0.15) is 19.8 Å². The highest BCUT2D eigenvalue weighted by atomic mass is 19.1. The SMILES string of the molecule is C[C@H](OC(=O)C1=NN(C)C(=O)CC1)C(=O)Nc1cccc(F)c1. The lowest BCUT2D eigenvalue weighted by atomic mass is 10.2. The number of hydrazone groups is 1. The van der Waals surface area contributed by atoms with Gasteiger partial charge in [0.15, 0.2) is 6.10 Å². The predicted octanol–water partition coefficient (Wildman–Crippen LogP) is 1.30. The highest BCUT2D eigenvalue weighted by Gasteiger charge is 2.26. The second-order valence-electron chi connectivity index (χ2n) is 5.01. The first kappa shape index (κ1) is 16.6. The molecule has 1 heterocycles. The zero-order chi connectivity index (χ0) is 17.0. The molecule has 0 saturated heterocycles. The molecule has 0 unspecified atom stereocenters. The van der Waals surface area contributed by atoms with Crippen LogP contribution in [0, 0.1) is 5.82 Å². The van der Waals surface area contributed by atoms with E-state index in [1.165, 1.54) is 32.2 Å². The minimum absolute atomic E-state index is 0.0810. The average molecular weight is 321 g/mol. The van der Waals surface area contributed by atoms with Crippen LogP contribution in [0.25, 0.3) is 0 Å². The fourth-order valence-electron chi connectivity index (χ4n) is 1.91. The summed E-state index contributed by atoms with van der Waals surface area (Å²) in [7, 11) is 1.44. The Morgan fingerprint density at radius 2 is 2.13 bits per heavy atom. The van der Waals surface area contributed by atoms with E-state index < -0.39 is 23.8 Å². The predicted molar refractivity (Wildman–Crippen MR) is 80.0 cm³/mol. The van der Waals surface area contributed by atoms with Crippen LogP contribution in [0.4, 0.5) is 10.1 Å². The first-order valence-corrected chi connectivity index (χ1v) is 6.98. The molecule has 0 radical (unpaired) electrons. The number of rotatable bonds is 4. The van der Waals surface area contributed by atoms with Gasteiger partial charge in [-0.05, 0) is 25.1 Å². The van der Waals surface area contributed by atoms with Crippen molar-refractivity contribution in [2.45, 2.75) is 25.9 Å². The van der Waals surface area contributed by atoms with Gasteiger partial charge < -0.3 is 10.1 Å². The summed E-state index contributed by atoms with van der Waals surface area (Å²) in [5.41, 5.74) is 0.343. The molecule has 7 nitrogen and oxygen atoms in total. The molecule has 23 heavy (non-hydrogen) atoms. The molecule has 0 spiro atoms. The van der Waals surface area contributed by atoms with Gasteiger partial charge in [0.2, 0.25) is 5.91 Å². The van der Waals surface area contributed by atoms with E-state index in [1.807, 2.05) is 0 Å². The Labute approximate surface area is 132 Å². The Balaban J connectivity index is 1.94. The van der Waals surface area contributed by atoms with Crippen molar-refractivity contribution in [1.82, 2.24) is 5.01 Å². The number of nitrogens with zero attached hydrogens (tertiary/aromatic N) is 2. The summed E-state index contributed by atoms with van der Waals surface area (Å²) in [5, 5.41) is 7.33. The van der Waals surface area contributed by atoms with E-state index in [1.54, 1.807) is 0 Å². The Kier molecular flexibility index (Phi) is 5.05. The van der Waals surface area contributed by atoms with Gasteiger partial charge in [0.25, 0.3) is 5.91 Å². The minimum Gasteiger partial charge on any atom is -0.448 e. The number of ether oxygens (including phenoxy) is 1. The van der Waals surface area contributed by atoms with Crippen molar-refractivity contribution < 1.29 is 23.5 Å². The van der Waals surface area contributed by atoms with Gasteiger partial charge in [0.1, 0.15) is 11.5 Å². The lowest BCUT2D eigenvalue weighted by Crippen LogP contribution is -2.36. The van der Waals surface area contributed by atoms with E-state index in [2.05, 4.69) is 10.4 Å². The molecule has 2 amide bonds. The van der Waals surface area contributed by atoms with Crippen LogP contribution in [-0.2, 0) is 19.1 Å². The molecule has 1 aromatic carbocycles. The molecular formula is C15H16FN3O4. The second-order valence-corrected chi connectivity index (χ2v) is 5.01. The molecule has 0 aromatic heterocycles. The van der Waals surface area contributed by atoms with E-state index in [-0.39, 0.29) is 30.1 Å². The third-order valence-electron chi connectivity index (χ3n) is 3.19. The number of nitrogens with one attached hydrogen (secondary N) is 1. The van der Waals surface area contributed by atoms with E-state index in [0.717, 1.165) is 11.1 Å². The highest BCUT2D eigenvalue weighted by Crippen LogP contribution is 2.12. The minimum atomic E-state index is -1.09.